The predicted octanol–water partition coefficient (Wildman–Crippen LogP) is 3.44. The van der Waals surface area contributed by atoms with Crippen molar-refractivity contribution < 1.29 is 38.1 Å². The van der Waals surface area contributed by atoms with Gasteiger partial charge < -0.3 is 29.6 Å². The van der Waals surface area contributed by atoms with Crippen molar-refractivity contribution in [1.82, 2.24) is 10.6 Å². The van der Waals surface area contributed by atoms with Crippen LogP contribution >= 0.6 is 0 Å². The van der Waals surface area contributed by atoms with Gasteiger partial charge in [0.25, 0.3) is 12.9 Å². The van der Waals surface area contributed by atoms with Gasteiger partial charge >= 0.3 is 11.9 Å². The first kappa shape index (κ1) is 33.0. The molecule has 4 unspecified atom stereocenters. The van der Waals surface area contributed by atoms with Crippen LogP contribution in [0.15, 0.2) is 0 Å². The van der Waals surface area contributed by atoms with Crippen molar-refractivity contribution in [2.45, 2.75) is 135 Å². The summed E-state index contributed by atoms with van der Waals surface area (Å²) < 4.78 is 20.5. The van der Waals surface area contributed by atoms with Crippen LogP contribution in [0.1, 0.15) is 98.3 Å². The largest absolute Gasteiger partial charge is 0.466 e. The van der Waals surface area contributed by atoms with E-state index in [1.807, 2.05) is 13.8 Å². The van der Waals surface area contributed by atoms with Gasteiger partial charge in [-0.25, -0.2) is 0 Å². The summed E-state index contributed by atoms with van der Waals surface area (Å²) in [4.78, 5) is 45.9. The summed E-state index contributed by atoms with van der Waals surface area (Å²) >= 11 is 0. The zero-order valence-electron chi connectivity index (χ0n) is 24.2. The van der Waals surface area contributed by atoms with E-state index in [4.69, 9.17) is 18.9 Å². The molecule has 0 spiro atoms. The maximum Gasteiger partial charge on any atom is 0.323 e. The third-order valence-corrected chi connectivity index (χ3v) is 8.20. The Bertz CT molecular complexity index is 735. The average Bonchev–Trinajstić information content (AvgIpc) is 2.90. The molecule has 0 saturated heterocycles. The molecule has 2 N–H and O–H groups in total. The SMILES string of the molecule is CCOC(=O)CC(NC1CCC(CC2CCC(NC(CC(C)OC=O)C(C)OC=O)CC2)CC1)C(=O)OCC. The summed E-state index contributed by atoms with van der Waals surface area (Å²) in [7, 11) is 0. The van der Waals surface area contributed by atoms with Crippen LogP contribution in [0.5, 0.6) is 0 Å². The zero-order chi connectivity index (χ0) is 28.6. The van der Waals surface area contributed by atoms with Gasteiger partial charge in [-0.1, -0.05) is 0 Å². The average molecular weight is 555 g/mol. The normalized spacial score (nSPS) is 26.4. The minimum absolute atomic E-state index is 0.00614. The minimum atomic E-state index is -0.662. The molecule has 0 bridgehead atoms. The lowest BCUT2D eigenvalue weighted by Crippen LogP contribution is -2.48. The van der Waals surface area contributed by atoms with Crippen LogP contribution in [0.3, 0.4) is 0 Å². The fourth-order valence-electron chi connectivity index (χ4n) is 6.11. The maximum atomic E-state index is 12.4. The molecule has 2 fully saturated rings. The van der Waals surface area contributed by atoms with E-state index in [2.05, 4.69) is 10.6 Å². The van der Waals surface area contributed by atoms with E-state index >= 15 is 0 Å². The highest BCUT2D eigenvalue weighted by Crippen LogP contribution is 2.36. The third-order valence-electron chi connectivity index (χ3n) is 8.20. The summed E-state index contributed by atoms with van der Waals surface area (Å²) in [5.41, 5.74) is 0. The summed E-state index contributed by atoms with van der Waals surface area (Å²) in [6, 6.07) is -0.184. The van der Waals surface area contributed by atoms with E-state index in [1.165, 1.54) is 6.42 Å². The fourth-order valence-corrected chi connectivity index (χ4v) is 6.11. The van der Waals surface area contributed by atoms with Crippen molar-refractivity contribution in [3.05, 3.63) is 0 Å². The van der Waals surface area contributed by atoms with Gasteiger partial charge in [-0.15, -0.1) is 0 Å². The second kappa shape index (κ2) is 18.2. The Morgan fingerprint density at radius 2 is 1.33 bits per heavy atom. The molecule has 0 heterocycles. The monoisotopic (exact) mass is 554 g/mol. The predicted molar refractivity (Wildman–Crippen MR) is 146 cm³/mol. The highest BCUT2D eigenvalue weighted by molar-refractivity contribution is 5.82. The molecule has 39 heavy (non-hydrogen) atoms. The van der Waals surface area contributed by atoms with Crippen LogP contribution in [0.25, 0.3) is 0 Å². The first-order chi connectivity index (χ1) is 18.8. The molecule has 10 nitrogen and oxygen atoms in total. The number of esters is 2. The van der Waals surface area contributed by atoms with Crippen LogP contribution < -0.4 is 10.6 Å². The number of nitrogens with one attached hydrogen (secondary N) is 2. The number of hydrogen-bond donors (Lipinski definition) is 2. The van der Waals surface area contributed by atoms with Crippen LogP contribution in [-0.4, -0.2) is 74.5 Å². The number of hydrogen-bond acceptors (Lipinski definition) is 10. The molecule has 224 valence electrons. The molecule has 0 aromatic carbocycles. The van der Waals surface area contributed by atoms with E-state index in [-0.39, 0.29) is 43.3 Å². The lowest BCUT2D eigenvalue weighted by atomic mass is 9.75. The van der Waals surface area contributed by atoms with Crippen LogP contribution in [0, 0.1) is 11.8 Å². The second-order valence-corrected chi connectivity index (χ2v) is 11.1. The molecule has 2 saturated carbocycles. The van der Waals surface area contributed by atoms with E-state index in [1.54, 1.807) is 13.8 Å². The Labute approximate surface area is 233 Å². The van der Waals surface area contributed by atoms with Crippen molar-refractivity contribution >= 4 is 24.9 Å². The molecule has 2 rings (SSSR count). The highest BCUT2D eigenvalue weighted by atomic mass is 16.5. The molecule has 2 aliphatic carbocycles. The standard InChI is InChI=1S/C29H50N2O8/c1-5-36-28(34)17-27(29(35)37-6-2)31-25-13-9-23(10-14-25)16-22-7-11-24(12-8-22)30-26(21(4)39-19-33)15-20(3)38-18-32/h18-27,30-31H,5-17H2,1-4H3. The summed E-state index contributed by atoms with van der Waals surface area (Å²) in [6.07, 6.45) is 9.91. The van der Waals surface area contributed by atoms with E-state index in [9.17, 15) is 19.2 Å². The maximum absolute atomic E-state index is 12.4. The van der Waals surface area contributed by atoms with Crippen molar-refractivity contribution in [2.75, 3.05) is 13.2 Å². The highest BCUT2D eigenvalue weighted by Gasteiger charge is 2.32. The summed E-state index contributed by atoms with van der Waals surface area (Å²) in [6.45, 7) is 8.74. The smallest absolute Gasteiger partial charge is 0.323 e. The van der Waals surface area contributed by atoms with E-state index in [0.717, 1.165) is 51.4 Å². The van der Waals surface area contributed by atoms with Gasteiger partial charge in [-0.2, -0.15) is 0 Å². The van der Waals surface area contributed by atoms with Crippen LogP contribution in [0.2, 0.25) is 0 Å². The van der Waals surface area contributed by atoms with Crippen molar-refractivity contribution in [2.24, 2.45) is 11.8 Å². The van der Waals surface area contributed by atoms with Gasteiger partial charge in [-0.05, 0) is 97.3 Å². The van der Waals surface area contributed by atoms with Crippen molar-refractivity contribution in [1.29, 1.82) is 0 Å². The fraction of sp³-hybridized carbons (Fsp3) is 0.862. The van der Waals surface area contributed by atoms with Gasteiger partial charge in [0.15, 0.2) is 0 Å². The Morgan fingerprint density at radius 3 is 1.85 bits per heavy atom. The number of rotatable bonds is 18. The lowest BCUT2D eigenvalue weighted by Gasteiger charge is -2.37. The third kappa shape index (κ3) is 12.2. The second-order valence-electron chi connectivity index (χ2n) is 11.1. The van der Waals surface area contributed by atoms with Crippen molar-refractivity contribution in [3.63, 3.8) is 0 Å². The van der Waals surface area contributed by atoms with Gasteiger partial charge in [0.05, 0.1) is 19.6 Å². The first-order valence-corrected chi connectivity index (χ1v) is 14.8. The van der Waals surface area contributed by atoms with Crippen molar-refractivity contribution in [3.8, 4) is 0 Å². The molecule has 0 amide bonds. The minimum Gasteiger partial charge on any atom is -0.466 e. The number of carbonyl (C=O) groups excluding carboxylic acids is 4. The molecule has 0 aliphatic heterocycles. The van der Waals surface area contributed by atoms with Gasteiger partial charge in [-0.3, -0.25) is 19.2 Å². The first-order valence-electron chi connectivity index (χ1n) is 14.8. The van der Waals surface area contributed by atoms with Crippen LogP contribution in [-0.2, 0) is 38.1 Å². The van der Waals surface area contributed by atoms with E-state index in [0.29, 0.717) is 43.8 Å². The number of ether oxygens (including phenoxy) is 4. The molecular formula is C29H50N2O8. The number of carbonyl (C=O) groups is 4. The molecule has 0 aromatic rings. The summed E-state index contributed by atoms with van der Waals surface area (Å²) in [5, 5.41) is 7.03. The Balaban J connectivity index is 1.76. The quantitative estimate of drug-likeness (QED) is 0.148. The summed E-state index contributed by atoms with van der Waals surface area (Å²) in [5.74, 6) is 0.604. The van der Waals surface area contributed by atoms with E-state index < -0.39 is 12.0 Å². The zero-order valence-corrected chi connectivity index (χ0v) is 24.2. The molecular weight excluding hydrogens is 504 g/mol. The molecule has 0 aromatic heterocycles. The molecule has 10 heteroatoms. The Kier molecular flexibility index (Phi) is 15.4. The lowest BCUT2D eigenvalue weighted by molar-refractivity contribution is -0.152. The van der Waals surface area contributed by atoms with Gasteiger partial charge in [0.2, 0.25) is 0 Å². The molecule has 0 radical (unpaired) electrons. The Morgan fingerprint density at radius 1 is 0.795 bits per heavy atom. The van der Waals surface area contributed by atoms with Gasteiger partial charge in [0.1, 0.15) is 18.2 Å². The topological polar surface area (TPSA) is 129 Å². The van der Waals surface area contributed by atoms with Gasteiger partial charge in [0, 0.05) is 24.5 Å². The molecule has 4 atom stereocenters. The Hall–Kier alpha value is -2.20. The van der Waals surface area contributed by atoms with Crippen LogP contribution in [0.4, 0.5) is 0 Å². The molecule has 2 aliphatic rings.